The van der Waals surface area contributed by atoms with Gasteiger partial charge in [-0.05, 0) is 0 Å². The monoisotopic (exact) mass is 288 g/mol. The van der Waals surface area contributed by atoms with Gasteiger partial charge in [-0.15, -0.1) is 0 Å². The van der Waals surface area contributed by atoms with Gasteiger partial charge in [0, 0.05) is 27.3 Å². The minimum Gasteiger partial charge on any atom is -0.545 e. The minimum atomic E-state index is 0. The second-order valence-electron chi connectivity index (χ2n) is 0. The van der Waals surface area contributed by atoms with E-state index in [2.05, 4.69) is 40.7 Å². The Morgan fingerprint density at radius 1 is 0.308 bits per heavy atom. The molecule has 0 aromatic heterocycles. The molecule has 0 aromatic rings. The molecule has 0 aliphatic heterocycles. The van der Waals surface area contributed by atoms with E-state index in [1.165, 1.54) is 0 Å². The van der Waals surface area contributed by atoms with Crippen molar-refractivity contribution in [1.29, 1.82) is 0 Å². The maximum Gasteiger partial charge on any atom is 0 e. The molecular formula is C6H6CdO6-6. The van der Waals surface area contributed by atoms with Gasteiger partial charge < -0.3 is 28.8 Å². The zero-order chi connectivity index (χ0) is 12.0. The third-order valence-electron chi connectivity index (χ3n) is 0. The first-order valence-electron chi connectivity index (χ1n) is 1.41. The maximum atomic E-state index is 7.75. The van der Waals surface area contributed by atoms with E-state index in [1.54, 1.807) is 0 Å². The molecule has 0 aliphatic rings. The average Bonchev–Trinajstić information content (AvgIpc) is 2.33. The fourth-order valence-corrected chi connectivity index (χ4v) is 0. The Morgan fingerprint density at radius 2 is 0.308 bits per heavy atom. The molecule has 0 atom stereocenters. The third-order valence-corrected chi connectivity index (χ3v) is 0. The summed E-state index contributed by atoms with van der Waals surface area (Å²) in [7, 11) is 0. The smallest absolute Gasteiger partial charge is 0 e. The largest absolute Gasteiger partial charge is 0.545 e. The first kappa shape index (κ1) is 58.5. The number of hydrogen-bond acceptors (Lipinski definition) is 6. The molecular weight excluding hydrogens is 280 g/mol. The normalized spacial score (nSPS) is 1.85. The zero-order valence-corrected chi connectivity index (χ0v) is 10.7. The van der Waals surface area contributed by atoms with Crippen LogP contribution in [0.2, 0.25) is 0 Å². The predicted molar refractivity (Wildman–Crippen MR) is 40.5 cm³/mol. The number of rotatable bonds is 0. The van der Waals surface area contributed by atoms with Crippen LogP contribution in [0.1, 0.15) is 0 Å². The topological polar surface area (TPSA) is 102 Å². The molecule has 13 heavy (non-hydrogen) atoms. The van der Waals surface area contributed by atoms with Gasteiger partial charge in [-0.2, -0.15) is 0 Å². The standard InChI is InChI=1S/6CHO.Cd/c6*1-2;/h6*1H;/q6*-1;. The summed E-state index contributed by atoms with van der Waals surface area (Å²) >= 11 is 0. The molecule has 6 nitrogen and oxygen atoms in total. The molecule has 0 aromatic carbocycles. The third kappa shape index (κ3) is 782. The van der Waals surface area contributed by atoms with E-state index in [9.17, 15) is 0 Å². The van der Waals surface area contributed by atoms with Crippen molar-refractivity contribution in [2.45, 2.75) is 0 Å². The van der Waals surface area contributed by atoms with Crippen LogP contribution >= 0.6 is 0 Å². The summed E-state index contributed by atoms with van der Waals surface area (Å²) in [4.78, 5) is 46.5. The molecule has 0 heterocycles. The predicted octanol–water partition coefficient (Wildman–Crippen LogP) is -1.65. The van der Waals surface area contributed by atoms with Crippen LogP contribution in [0, 0.1) is 0 Å². The minimum absolute atomic E-state index is 0. The van der Waals surface area contributed by atoms with Gasteiger partial charge in [-0.3, -0.25) is 40.7 Å². The van der Waals surface area contributed by atoms with Crippen molar-refractivity contribution in [3.63, 3.8) is 0 Å². The van der Waals surface area contributed by atoms with Gasteiger partial charge in [-0.25, -0.2) is 0 Å². The quantitative estimate of drug-likeness (QED) is 0.300. The molecule has 0 radical (unpaired) electrons. The van der Waals surface area contributed by atoms with Gasteiger partial charge >= 0.3 is 0 Å². The summed E-state index contributed by atoms with van der Waals surface area (Å²) in [5.74, 6) is 0. The molecule has 0 spiro atoms. The van der Waals surface area contributed by atoms with Crippen LogP contribution < -0.4 is 0 Å². The molecule has 0 aliphatic carbocycles. The summed E-state index contributed by atoms with van der Waals surface area (Å²) < 4.78 is 0. The van der Waals surface area contributed by atoms with Gasteiger partial charge in [0.1, 0.15) is 0 Å². The molecule has 0 fully saturated rings. The summed E-state index contributed by atoms with van der Waals surface area (Å²) in [5.41, 5.74) is 0. The molecule has 0 N–H and O–H groups in total. The Labute approximate surface area is 96.8 Å². The molecule has 74 valence electrons. The Kier molecular flexibility index (Phi) is 4350. The van der Waals surface area contributed by atoms with E-state index in [-0.39, 0.29) is 27.3 Å². The summed E-state index contributed by atoms with van der Waals surface area (Å²) in [6, 6.07) is 0. The van der Waals surface area contributed by atoms with E-state index in [4.69, 9.17) is 28.8 Å². The van der Waals surface area contributed by atoms with Crippen LogP contribution in [0.3, 0.4) is 0 Å². The van der Waals surface area contributed by atoms with E-state index < -0.39 is 0 Å². The molecule has 0 unspecified atom stereocenters. The van der Waals surface area contributed by atoms with Crippen LogP contribution in [-0.4, -0.2) is 40.7 Å². The average molecular weight is 287 g/mol. The maximum absolute atomic E-state index is 7.75. The van der Waals surface area contributed by atoms with Crippen molar-refractivity contribution in [2.24, 2.45) is 0 Å². The summed E-state index contributed by atoms with van der Waals surface area (Å²) in [6.07, 6.45) is 0. The van der Waals surface area contributed by atoms with Crippen LogP contribution in [-0.2, 0) is 56.1 Å². The van der Waals surface area contributed by atoms with Crippen molar-refractivity contribution in [3.8, 4) is 0 Å². The van der Waals surface area contributed by atoms with E-state index in [0.29, 0.717) is 0 Å². The van der Waals surface area contributed by atoms with Crippen molar-refractivity contribution in [2.75, 3.05) is 0 Å². The van der Waals surface area contributed by atoms with Crippen molar-refractivity contribution in [1.82, 2.24) is 0 Å². The van der Waals surface area contributed by atoms with Gasteiger partial charge in [0.25, 0.3) is 0 Å². The second-order valence-corrected chi connectivity index (χ2v) is 0. The van der Waals surface area contributed by atoms with Gasteiger partial charge in [0.2, 0.25) is 0 Å². The molecule has 0 bridgehead atoms. The van der Waals surface area contributed by atoms with Gasteiger partial charge in [0.05, 0.1) is 0 Å². The molecule has 0 amide bonds. The number of carbonyl (C=O) groups excluding carboxylic acids is 6. The number of hydrogen-bond donors (Lipinski definition) is 0. The van der Waals surface area contributed by atoms with Crippen molar-refractivity contribution >= 4 is 40.7 Å². The Morgan fingerprint density at radius 3 is 0.308 bits per heavy atom. The van der Waals surface area contributed by atoms with Gasteiger partial charge in [-0.1, -0.05) is 0 Å². The first-order chi connectivity index (χ1) is 6.00. The summed E-state index contributed by atoms with van der Waals surface area (Å²) in [6.45, 7) is 19.5. The van der Waals surface area contributed by atoms with Crippen LogP contribution in [0.25, 0.3) is 0 Å². The zero-order valence-electron chi connectivity index (χ0n) is 6.62. The SMILES string of the molecule is [CH-]=O.[CH-]=O.[CH-]=O.[CH-]=O.[CH-]=O.[CH-]=O.[Cd]. The fraction of sp³-hybridized carbons (Fsp3) is 0. The summed E-state index contributed by atoms with van der Waals surface area (Å²) in [5, 5.41) is 0. The Hall–Kier alpha value is -1.06. The fourth-order valence-electron chi connectivity index (χ4n) is 0. The van der Waals surface area contributed by atoms with Crippen LogP contribution in [0.15, 0.2) is 0 Å². The van der Waals surface area contributed by atoms with Gasteiger partial charge in [0.15, 0.2) is 0 Å². The van der Waals surface area contributed by atoms with E-state index in [1.807, 2.05) is 0 Å². The first-order valence-corrected chi connectivity index (χ1v) is 1.41. The Bertz CT molecular complexity index is 32.6. The van der Waals surface area contributed by atoms with Crippen molar-refractivity contribution in [3.05, 3.63) is 0 Å². The Balaban J connectivity index is -0.00000000655. The van der Waals surface area contributed by atoms with Crippen molar-refractivity contribution < 1.29 is 56.1 Å². The van der Waals surface area contributed by atoms with E-state index in [0.717, 1.165) is 0 Å². The van der Waals surface area contributed by atoms with E-state index >= 15 is 0 Å². The second kappa shape index (κ2) is 966. The molecule has 0 rings (SSSR count). The van der Waals surface area contributed by atoms with Crippen LogP contribution in [0.4, 0.5) is 0 Å². The molecule has 7 heteroatoms. The molecule has 0 saturated heterocycles. The molecule has 0 saturated carbocycles. The van der Waals surface area contributed by atoms with Crippen LogP contribution in [0.5, 0.6) is 0 Å².